The number of quaternary nitrogens is 1. The van der Waals surface area contributed by atoms with Crippen LogP contribution in [-0.4, -0.2) is 54.6 Å². The summed E-state index contributed by atoms with van der Waals surface area (Å²) in [6, 6.07) is 0. The average Bonchev–Trinajstić information content (AvgIpc) is 2.34. The van der Waals surface area contributed by atoms with Crippen LogP contribution in [0.3, 0.4) is 0 Å². The molecule has 0 aromatic heterocycles. The minimum Gasteiger partial charge on any atom is -0.550 e. The van der Waals surface area contributed by atoms with E-state index >= 15 is 0 Å². The molecule has 23 heavy (non-hydrogen) atoms. The van der Waals surface area contributed by atoms with E-state index in [0.717, 1.165) is 12.8 Å². The number of carboxylic acids is 1. The summed E-state index contributed by atoms with van der Waals surface area (Å²) in [4.78, 5) is 23.1. The van der Waals surface area contributed by atoms with Crippen LogP contribution < -0.4 is 5.11 Å². The second kappa shape index (κ2) is 11.8. The Morgan fingerprint density at radius 2 is 1.48 bits per heavy atom. The Morgan fingerprint density at radius 1 is 1.00 bits per heavy atom. The normalized spacial score (nSPS) is 14.0. The van der Waals surface area contributed by atoms with Crippen LogP contribution in [0.15, 0.2) is 0 Å². The average molecular weight is 352 g/mol. The van der Waals surface area contributed by atoms with E-state index in [1.54, 1.807) is 0 Å². The van der Waals surface area contributed by atoms with Gasteiger partial charge in [0.25, 0.3) is 0 Å². The number of carbonyl (C=O) groups excluding carboxylic acids is 2. The molecule has 0 aromatic carbocycles. The van der Waals surface area contributed by atoms with E-state index < -0.39 is 18.0 Å². The number of rotatable bonds is 13. The zero-order valence-electron chi connectivity index (χ0n) is 15.1. The van der Waals surface area contributed by atoms with Gasteiger partial charge in [0.15, 0.2) is 11.4 Å². The summed E-state index contributed by atoms with van der Waals surface area (Å²) in [6.07, 6.45) is 7.19. The first-order valence-corrected chi connectivity index (χ1v) is 8.37. The molecule has 1 unspecified atom stereocenters. The fourth-order valence-corrected chi connectivity index (χ4v) is 2.74. The van der Waals surface area contributed by atoms with Crippen molar-refractivity contribution in [3.05, 3.63) is 0 Å². The van der Waals surface area contributed by atoms with Crippen LogP contribution in [0.25, 0.3) is 0 Å². The molecule has 0 radical (unpaired) electrons. The highest BCUT2D eigenvalue weighted by Gasteiger charge is 2.40. The highest BCUT2D eigenvalue weighted by Crippen LogP contribution is 2.19. The third kappa shape index (κ3) is 12.4. The minimum absolute atomic E-state index is 0. The quantitative estimate of drug-likeness (QED) is 0.404. The second-order valence-corrected chi connectivity index (χ2v) is 7.32. The fourth-order valence-electron chi connectivity index (χ4n) is 2.74. The Kier molecular flexibility index (Phi) is 12.6. The lowest BCUT2D eigenvalue weighted by molar-refractivity contribution is -0.875. The number of carbonyl (C=O) groups is 2. The van der Waals surface area contributed by atoms with Crippen molar-refractivity contribution in [3.63, 3.8) is 0 Å². The predicted molar refractivity (Wildman–Crippen MR) is 92.3 cm³/mol. The van der Waals surface area contributed by atoms with Gasteiger partial charge in [-0.3, -0.25) is 4.79 Å². The summed E-state index contributed by atoms with van der Waals surface area (Å²) < 4.78 is 0.326. The molecule has 138 valence electrons. The smallest absolute Gasteiger partial charge is 0.177 e. The van der Waals surface area contributed by atoms with Crippen LogP contribution in [0.4, 0.5) is 0 Å². The number of hydrogen-bond donors (Lipinski definition) is 1. The molecule has 0 aliphatic heterocycles. The monoisotopic (exact) mass is 351 g/mol. The molecular weight excluding hydrogens is 318 g/mol. The molecule has 0 spiro atoms. The minimum atomic E-state index is -1.82. The van der Waals surface area contributed by atoms with Crippen LogP contribution in [0.2, 0.25) is 0 Å². The largest absolute Gasteiger partial charge is 0.550 e. The number of likely N-dealkylation sites (N-methyl/N-ethyl adjacent to an activating group) is 1. The SMILES string of the molecule is CCCCCCCCCC(=O)C(O)(CC(=O)[O-])C[N+](C)(C)C.Cl. The standard InChI is InChI=1S/C17H33NO4.ClH/c1-5-6-7-8-9-10-11-12-15(19)17(22,13-16(20)21)14-18(2,3)4;/h22H,5-14H2,1-4H3;1H. The van der Waals surface area contributed by atoms with Crippen molar-refractivity contribution >= 4 is 24.2 Å². The number of halogens is 1. The molecule has 0 aliphatic rings. The molecule has 1 N–H and O–H groups in total. The summed E-state index contributed by atoms with van der Waals surface area (Å²) in [5.74, 6) is -1.76. The van der Waals surface area contributed by atoms with Gasteiger partial charge in [-0.05, 0) is 6.42 Å². The van der Waals surface area contributed by atoms with E-state index in [2.05, 4.69) is 6.92 Å². The van der Waals surface area contributed by atoms with Crippen molar-refractivity contribution in [1.29, 1.82) is 0 Å². The second-order valence-electron chi connectivity index (χ2n) is 7.32. The number of carboxylic acid groups (broad SMARTS) is 1. The van der Waals surface area contributed by atoms with Crippen LogP contribution in [0, 0.1) is 0 Å². The van der Waals surface area contributed by atoms with Gasteiger partial charge in [-0.15, -0.1) is 12.4 Å². The molecule has 0 heterocycles. The molecule has 0 rings (SSSR count). The summed E-state index contributed by atoms with van der Waals surface area (Å²) >= 11 is 0. The molecule has 0 saturated heterocycles. The molecule has 0 fully saturated rings. The van der Waals surface area contributed by atoms with E-state index in [1.807, 2.05) is 21.1 Å². The van der Waals surface area contributed by atoms with Gasteiger partial charge in [-0.25, -0.2) is 0 Å². The van der Waals surface area contributed by atoms with E-state index in [9.17, 15) is 19.8 Å². The van der Waals surface area contributed by atoms with Crippen molar-refractivity contribution in [1.82, 2.24) is 0 Å². The van der Waals surface area contributed by atoms with Gasteiger partial charge < -0.3 is 19.5 Å². The van der Waals surface area contributed by atoms with Gasteiger partial charge in [0.1, 0.15) is 6.54 Å². The van der Waals surface area contributed by atoms with Gasteiger partial charge in [-0.2, -0.15) is 0 Å². The van der Waals surface area contributed by atoms with E-state index in [4.69, 9.17) is 0 Å². The van der Waals surface area contributed by atoms with Crippen LogP contribution in [0.5, 0.6) is 0 Å². The van der Waals surface area contributed by atoms with Gasteiger partial charge in [0, 0.05) is 18.8 Å². The van der Waals surface area contributed by atoms with Crippen LogP contribution >= 0.6 is 12.4 Å². The summed E-state index contributed by atoms with van der Waals surface area (Å²) in [6.45, 7) is 2.25. The van der Waals surface area contributed by atoms with Crippen molar-refractivity contribution in [2.45, 2.75) is 70.3 Å². The topological polar surface area (TPSA) is 77.4 Å². The summed E-state index contributed by atoms with van der Waals surface area (Å²) in [5.41, 5.74) is -1.82. The predicted octanol–water partition coefficient (Wildman–Crippen LogP) is 1.70. The first kappa shape index (κ1) is 24.6. The maximum Gasteiger partial charge on any atom is 0.177 e. The zero-order chi connectivity index (χ0) is 17.2. The Labute approximate surface area is 147 Å². The lowest BCUT2D eigenvalue weighted by atomic mass is 9.89. The van der Waals surface area contributed by atoms with Crippen molar-refractivity contribution in [2.24, 2.45) is 0 Å². The molecule has 6 heteroatoms. The Hall–Kier alpha value is -0.650. The molecule has 0 aromatic rings. The molecule has 5 nitrogen and oxygen atoms in total. The lowest BCUT2D eigenvalue weighted by Crippen LogP contribution is -2.56. The first-order chi connectivity index (χ1) is 10.1. The van der Waals surface area contributed by atoms with E-state index in [-0.39, 0.29) is 31.2 Å². The van der Waals surface area contributed by atoms with Crippen molar-refractivity contribution in [2.75, 3.05) is 27.7 Å². The third-order valence-electron chi connectivity index (χ3n) is 3.70. The number of nitrogens with zero attached hydrogens (tertiary/aromatic N) is 1. The summed E-state index contributed by atoms with van der Waals surface area (Å²) in [5, 5.41) is 21.3. The Balaban J connectivity index is 0. The van der Waals surface area contributed by atoms with Crippen LogP contribution in [-0.2, 0) is 9.59 Å². The Bertz CT molecular complexity index is 355. The number of aliphatic carboxylic acids is 1. The van der Waals surface area contributed by atoms with E-state index in [0.29, 0.717) is 10.9 Å². The molecule has 0 aliphatic carbocycles. The molecule has 0 saturated carbocycles. The van der Waals surface area contributed by atoms with Gasteiger partial charge >= 0.3 is 0 Å². The third-order valence-corrected chi connectivity index (χ3v) is 3.70. The van der Waals surface area contributed by atoms with Gasteiger partial charge in [0.05, 0.1) is 21.1 Å². The maximum absolute atomic E-state index is 12.3. The number of Topliss-reactive ketones (excluding diaryl/α,β-unsaturated/α-hetero) is 1. The Morgan fingerprint density at radius 3 is 1.91 bits per heavy atom. The fraction of sp³-hybridized carbons (Fsp3) is 0.882. The van der Waals surface area contributed by atoms with E-state index in [1.165, 1.54) is 25.7 Å². The number of unbranched alkanes of at least 4 members (excludes halogenated alkanes) is 6. The molecule has 0 bridgehead atoms. The number of ketones is 1. The number of hydrogen-bond acceptors (Lipinski definition) is 4. The lowest BCUT2D eigenvalue weighted by Gasteiger charge is -2.34. The van der Waals surface area contributed by atoms with Crippen molar-refractivity contribution in [3.8, 4) is 0 Å². The molecular formula is C17H34ClNO4. The summed E-state index contributed by atoms with van der Waals surface area (Å²) in [7, 11) is 5.46. The molecule has 0 amide bonds. The van der Waals surface area contributed by atoms with Gasteiger partial charge in [0.2, 0.25) is 0 Å². The van der Waals surface area contributed by atoms with Crippen LogP contribution in [0.1, 0.15) is 64.7 Å². The first-order valence-electron chi connectivity index (χ1n) is 8.37. The highest BCUT2D eigenvalue weighted by molar-refractivity contribution is 5.90. The number of aliphatic hydroxyl groups is 1. The molecule has 1 atom stereocenters. The zero-order valence-corrected chi connectivity index (χ0v) is 15.9. The van der Waals surface area contributed by atoms with Gasteiger partial charge in [-0.1, -0.05) is 45.4 Å². The van der Waals surface area contributed by atoms with Crippen molar-refractivity contribution < 1.29 is 24.3 Å². The highest BCUT2D eigenvalue weighted by atomic mass is 35.5. The maximum atomic E-state index is 12.3.